The molecule has 2 aromatic rings. The highest BCUT2D eigenvalue weighted by Crippen LogP contribution is 2.45. The number of thioether (sulfide) groups is 1. The van der Waals surface area contributed by atoms with Crippen molar-refractivity contribution in [2.75, 3.05) is 13.7 Å². The molecule has 0 aromatic heterocycles. The molecule has 0 bridgehead atoms. The number of allylic oxidation sites excluding steroid dienone is 1. The molecule has 0 unspecified atom stereocenters. The van der Waals surface area contributed by atoms with Crippen LogP contribution in [0, 0.1) is 0 Å². The van der Waals surface area contributed by atoms with Crippen molar-refractivity contribution in [1.29, 1.82) is 0 Å². The summed E-state index contributed by atoms with van der Waals surface area (Å²) in [7, 11) is 1.61. The maximum atomic E-state index is 13.0. The third-order valence-electron chi connectivity index (χ3n) is 5.58. The Balaban J connectivity index is 1.63. The average molecular weight is 478 g/mol. The van der Waals surface area contributed by atoms with Gasteiger partial charge in [0, 0.05) is 12.2 Å². The lowest BCUT2D eigenvalue weighted by molar-refractivity contribution is -0.139. The molecule has 0 fully saturated rings. The van der Waals surface area contributed by atoms with Crippen LogP contribution in [0.5, 0.6) is 5.75 Å². The number of carbonyl (C=O) groups is 2. The van der Waals surface area contributed by atoms with E-state index in [1.165, 1.54) is 11.8 Å². The number of amidine groups is 1. The first kappa shape index (κ1) is 23.6. The van der Waals surface area contributed by atoms with Crippen LogP contribution in [0.25, 0.3) is 0 Å². The van der Waals surface area contributed by atoms with E-state index in [2.05, 4.69) is 10.3 Å². The van der Waals surface area contributed by atoms with Gasteiger partial charge in [-0.25, -0.2) is 9.79 Å². The summed E-state index contributed by atoms with van der Waals surface area (Å²) in [6, 6.07) is 16.9. The molecule has 1 amide bonds. The number of benzene rings is 2. The van der Waals surface area contributed by atoms with Crippen LogP contribution in [0.15, 0.2) is 82.0 Å². The van der Waals surface area contributed by atoms with Crippen LogP contribution in [-0.4, -0.2) is 35.7 Å². The summed E-state index contributed by atoms with van der Waals surface area (Å²) < 4.78 is 10.8. The van der Waals surface area contributed by atoms with E-state index in [4.69, 9.17) is 9.47 Å². The maximum Gasteiger partial charge on any atom is 0.338 e. The molecule has 4 rings (SSSR count). The number of aliphatic imine (C=N–C) groups is 1. The molecule has 0 saturated heterocycles. The molecule has 8 heteroatoms. The molecule has 34 heavy (non-hydrogen) atoms. The van der Waals surface area contributed by atoms with Crippen LogP contribution in [0.4, 0.5) is 0 Å². The number of rotatable bonds is 8. The van der Waals surface area contributed by atoms with Gasteiger partial charge in [0.15, 0.2) is 5.17 Å². The van der Waals surface area contributed by atoms with Crippen molar-refractivity contribution in [3.63, 3.8) is 0 Å². The lowest BCUT2D eigenvalue weighted by Gasteiger charge is -2.36. The third kappa shape index (κ3) is 5.02. The third-order valence-corrected chi connectivity index (χ3v) is 6.47. The van der Waals surface area contributed by atoms with Crippen molar-refractivity contribution < 1.29 is 19.1 Å². The number of hydrogen-bond donors (Lipinski definition) is 1. The van der Waals surface area contributed by atoms with Gasteiger partial charge in [-0.05, 0) is 42.5 Å². The second kappa shape index (κ2) is 10.6. The molecule has 0 radical (unpaired) electrons. The van der Waals surface area contributed by atoms with E-state index in [1.54, 1.807) is 14.0 Å². The lowest BCUT2D eigenvalue weighted by Crippen LogP contribution is -2.38. The fraction of sp³-hybridized carbons (Fsp3) is 0.269. The Morgan fingerprint density at radius 3 is 2.68 bits per heavy atom. The molecular formula is C26H27N3O4S. The van der Waals surface area contributed by atoms with Gasteiger partial charge in [0.25, 0.3) is 0 Å². The van der Waals surface area contributed by atoms with Crippen molar-refractivity contribution in [2.45, 2.75) is 32.9 Å². The summed E-state index contributed by atoms with van der Waals surface area (Å²) in [6.45, 7) is 4.30. The molecule has 0 aliphatic carbocycles. The van der Waals surface area contributed by atoms with E-state index in [1.807, 2.05) is 71.8 Å². The van der Waals surface area contributed by atoms with Gasteiger partial charge in [0.05, 0.1) is 37.4 Å². The Bertz CT molecular complexity index is 1170. The van der Waals surface area contributed by atoms with E-state index >= 15 is 0 Å². The predicted octanol–water partition coefficient (Wildman–Crippen LogP) is 4.54. The number of nitrogens with zero attached hydrogens (tertiary/aromatic N) is 2. The molecule has 2 heterocycles. The van der Waals surface area contributed by atoms with Gasteiger partial charge in [-0.3, -0.25) is 4.79 Å². The molecular weight excluding hydrogens is 450 g/mol. The van der Waals surface area contributed by atoms with E-state index in [0.717, 1.165) is 22.0 Å². The molecule has 1 atom stereocenters. The van der Waals surface area contributed by atoms with Crippen LogP contribution in [-0.2, 0) is 20.9 Å². The van der Waals surface area contributed by atoms with E-state index in [0.29, 0.717) is 23.6 Å². The van der Waals surface area contributed by atoms with Gasteiger partial charge in [-0.15, -0.1) is 0 Å². The zero-order valence-corrected chi connectivity index (χ0v) is 20.2. The van der Waals surface area contributed by atoms with Crippen molar-refractivity contribution >= 4 is 28.8 Å². The summed E-state index contributed by atoms with van der Waals surface area (Å²) in [4.78, 5) is 32.5. The summed E-state index contributed by atoms with van der Waals surface area (Å²) >= 11 is 1.45. The van der Waals surface area contributed by atoms with Crippen LogP contribution < -0.4 is 10.1 Å². The first-order chi connectivity index (χ1) is 16.5. The van der Waals surface area contributed by atoms with Crippen LogP contribution in [0.1, 0.15) is 37.4 Å². The second-order valence-corrected chi connectivity index (χ2v) is 8.67. The number of hydrogen-bond acceptors (Lipinski definition) is 7. The number of esters is 1. The number of nitrogens with one attached hydrogen (secondary N) is 1. The predicted molar refractivity (Wildman–Crippen MR) is 133 cm³/mol. The van der Waals surface area contributed by atoms with E-state index in [-0.39, 0.29) is 18.9 Å². The van der Waals surface area contributed by atoms with Crippen molar-refractivity contribution in [3.8, 4) is 5.75 Å². The molecule has 1 N–H and O–H groups in total. The number of methoxy groups -OCH3 is 1. The van der Waals surface area contributed by atoms with Gasteiger partial charge in [-0.2, -0.15) is 0 Å². The van der Waals surface area contributed by atoms with Gasteiger partial charge in [0.1, 0.15) is 5.75 Å². The number of amides is 1. The summed E-state index contributed by atoms with van der Waals surface area (Å²) in [5.74, 6) is 0.158. The Morgan fingerprint density at radius 2 is 1.94 bits per heavy atom. The number of ether oxygens (including phenoxy) is 2. The highest BCUT2D eigenvalue weighted by Gasteiger charge is 2.41. The second-order valence-electron chi connectivity index (χ2n) is 7.83. The fourth-order valence-corrected chi connectivity index (χ4v) is 4.95. The highest BCUT2D eigenvalue weighted by molar-refractivity contribution is 8.16. The smallest absolute Gasteiger partial charge is 0.338 e. The zero-order valence-electron chi connectivity index (χ0n) is 19.4. The van der Waals surface area contributed by atoms with Crippen LogP contribution in [0.2, 0.25) is 0 Å². The molecule has 0 saturated carbocycles. The van der Waals surface area contributed by atoms with Crippen molar-refractivity contribution in [3.05, 3.63) is 88.1 Å². The first-order valence-corrected chi connectivity index (χ1v) is 12.0. The summed E-state index contributed by atoms with van der Waals surface area (Å²) in [5.41, 5.74) is 3.72. The minimum atomic E-state index is -0.482. The summed E-state index contributed by atoms with van der Waals surface area (Å²) in [5, 5.41) is 5.63. The molecule has 2 aromatic carbocycles. The monoisotopic (exact) mass is 477 g/mol. The normalized spacial score (nSPS) is 17.0. The van der Waals surface area contributed by atoms with Crippen molar-refractivity contribution in [2.24, 2.45) is 4.99 Å². The van der Waals surface area contributed by atoms with Crippen LogP contribution >= 0.6 is 11.8 Å². The van der Waals surface area contributed by atoms with Gasteiger partial charge in [-0.1, -0.05) is 54.2 Å². The van der Waals surface area contributed by atoms with Gasteiger partial charge >= 0.3 is 5.97 Å². The lowest BCUT2D eigenvalue weighted by atomic mass is 9.93. The Morgan fingerprint density at radius 1 is 1.15 bits per heavy atom. The Labute approximate surface area is 203 Å². The number of fused-ring (bicyclic) bond motifs is 1. The quantitative estimate of drug-likeness (QED) is 0.563. The standard InChI is InChI=1S/C26H27N3O4S/c1-4-33-25(31)23-17(2)28-26-29(24(23)19-11-8-12-21(13-19)32-3)20(16-34-26)14-22(30)27-15-18-9-6-5-7-10-18/h5-13,16,24H,4,14-15H2,1-3H3,(H,27,30)/t24-/m0/s1. The topological polar surface area (TPSA) is 80.2 Å². The molecule has 176 valence electrons. The van der Waals surface area contributed by atoms with Crippen molar-refractivity contribution in [1.82, 2.24) is 10.2 Å². The molecule has 7 nitrogen and oxygen atoms in total. The number of carbonyl (C=O) groups excluding carboxylic acids is 2. The Hall–Kier alpha value is -3.52. The summed E-state index contributed by atoms with van der Waals surface area (Å²) in [6.07, 6.45) is 0.161. The van der Waals surface area contributed by atoms with E-state index < -0.39 is 12.0 Å². The molecule has 2 aliphatic rings. The average Bonchev–Trinajstić information content (AvgIpc) is 3.24. The van der Waals surface area contributed by atoms with Crippen LogP contribution in [0.3, 0.4) is 0 Å². The molecule has 0 spiro atoms. The molecule has 2 aliphatic heterocycles. The highest BCUT2D eigenvalue weighted by atomic mass is 32.2. The fourth-order valence-electron chi connectivity index (χ4n) is 3.99. The van der Waals surface area contributed by atoms with E-state index in [9.17, 15) is 9.59 Å². The zero-order chi connectivity index (χ0) is 24.1. The minimum Gasteiger partial charge on any atom is -0.497 e. The van der Waals surface area contributed by atoms with Gasteiger partial charge < -0.3 is 19.7 Å². The SMILES string of the molecule is CCOC(=O)C1=C(C)N=C2SC=C(CC(=O)NCc3ccccc3)N2[C@H]1c1cccc(OC)c1. The first-order valence-electron chi connectivity index (χ1n) is 11.1. The maximum absolute atomic E-state index is 13.0. The largest absolute Gasteiger partial charge is 0.497 e. The Kier molecular flexibility index (Phi) is 7.37. The minimum absolute atomic E-state index is 0.106. The van der Waals surface area contributed by atoms with Gasteiger partial charge in [0.2, 0.25) is 5.91 Å².